The predicted molar refractivity (Wildman–Crippen MR) is 46.9 cm³/mol. The first-order valence-corrected chi connectivity index (χ1v) is 3.46. The number of carboxylic acid groups (broad SMARTS) is 2. The van der Waals surface area contributed by atoms with Crippen LogP contribution in [-0.4, -0.2) is 11.9 Å². The molecule has 8 N–H and O–H groups in total. The van der Waals surface area contributed by atoms with E-state index in [4.69, 9.17) is 0 Å². The Morgan fingerprint density at radius 1 is 0.882 bits per heavy atom. The van der Waals surface area contributed by atoms with Crippen molar-refractivity contribution in [3.63, 3.8) is 0 Å². The molecule has 0 amide bonds. The summed E-state index contributed by atoms with van der Waals surface area (Å²) in [5, 5.41) is 20.6. The van der Waals surface area contributed by atoms with Crippen LogP contribution in [0.2, 0.25) is 0 Å². The second-order valence-electron chi connectivity index (χ2n) is 2.48. The van der Waals surface area contributed by atoms with E-state index in [1.54, 1.807) is 0 Å². The van der Waals surface area contributed by atoms with Crippen LogP contribution in [-0.2, 0) is 0 Å². The van der Waals surface area contributed by atoms with E-state index in [0.29, 0.717) is 0 Å². The fourth-order valence-corrected chi connectivity index (χ4v) is 0.987. The third kappa shape index (κ3) is 2.92. The molecule has 0 atom stereocenters. The molecular weight excluding hydrogens is 245 g/mol. The normalized spacial score (nSPS) is 8.88. The van der Waals surface area contributed by atoms with Gasteiger partial charge in [0.05, 0.1) is 11.9 Å². The maximum atomic E-state index is 12.8. The molecule has 0 unspecified atom stereocenters. The van der Waals surface area contributed by atoms with Gasteiger partial charge in [0.1, 0.15) is 5.82 Å². The summed E-state index contributed by atoms with van der Waals surface area (Å²) in [6.45, 7) is 0. The highest BCUT2D eigenvalue weighted by Crippen LogP contribution is 2.19. The molecule has 0 fully saturated rings. The summed E-state index contributed by atoms with van der Waals surface area (Å²) < 4.78 is 38.1. The molecule has 0 spiro atoms. The first-order valence-electron chi connectivity index (χ1n) is 3.46. The van der Waals surface area contributed by atoms with Crippen molar-refractivity contribution in [1.82, 2.24) is 12.3 Å². The number of quaternary nitrogens is 2. The Morgan fingerprint density at radius 3 is 1.65 bits per heavy atom. The Balaban J connectivity index is 0. The highest BCUT2D eigenvalue weighted by Gasteiger charge is 2.20. The minimum absolute atomic E-state index is 0. The van der Waals surface area contributed by atoms with Crippen LogP contribution in [0.5, 0.6) is 0 Å². The summed E-state index contributed by atoms with van der Waals surface area (Å²) in [6.07, 6.45) is 0. The van der Waals surface area contributed by atoms with Crippen molar-refractivity contribution in [2.75, 3.05) is 0 Å². The predicted octanol–water partition coefficient (Wildman–Crippen LogP) is -0.417. The summed E-state index contributed by atoms with van der Waals surface area (Å²) in [4.78, 5) is 20.6. The number of hydrogen-bond acceptors (Lipinski definition) is 4. The number of hydrogen-bond donors (Lipinski definition) is 2. The summed E-state index contributed by atoms with van der Waals surface area (Å²) in [6, 6.07) is -0.0904. The lowest BCUT2D eigenvalue weighted by Crippen LogP contribution is -2.32. The van der Waals surface area contributed by atoms with E-state index in [2.05, 4.69) is 0 Å². The lowest BCUT2D eigenvalue weighted by Gasteiger charge is -2.13. The lowest BCUT2D eigenvalue weighted by atomic mass is 10.1. The molecule has 0 aliphatic rings. The zero-order chi connectivity index (χ0) is 11.7. The van der Waals surface area contributed by atoms with Gasteiger partial charge in [-0.25, -0.2) is 13.2 Å². The van der Waals surface area contributed by atoms with Crippen LogP contribution < -0.4 is 22.5 Å². The van der Waals surface area contributed by atoms with Crippen molar-refractivity contribution in [1.29, 1.82) is 0 Å². The third-order valence-electron chi connectivity index (χ3n) is 1.58. The molecule has 0 saturated heterocycles. The summed E-state index contributed by atoms with van der Waals surface area (Å²) in [7, 11) is 0. The van der Waals surface area contributed by atoms with Gasteiger partial charge in [0.15, 0.2) is 11.6 Å². The van der Waals surface area contributed by atoms with Crippen molar-refractivity contribution in [3.8, 4) is 0 Å². The van der Waals surface area contributed by atoms with E-state index >= 15 is 0 Å². The van der Waals surface area contributed by atoms with Gasteiger partial charge >= 0.3 is 0 Å². The van der Waals surface area contributed by atoms with Gasteiger partial charge < -0.3 is 32.1 Å². The second-order valence-corrected chi connectivity index (χ2v) is 2.48. The van der Waals surface area contributed by atoms with E-state index in [0.717, 1.165) is 0 Å². The number of aromatic carboxylic acids is 2. The van der Waals surface area contributed by atoms with Gasteiger partial charge in [-0.05, 0) is 0 Å². The van der Waals surface area contributed by atoms with Crippen LogP contribution in [0.25, 0.3) is 0 Å². The number of benzene rings is 1. The van der Waals surface area contributed by atoms with Crippen molar-refractivity contribution >= 4 is 11.9 Å². The van der Waals surface area contributed by atoms with E-state index in [-0.39, 0.29) is 18.4 Å². The highest BCUT2D eigenvalue weighted by molar-refractivity contribution is 6.00. The Kier molecular flexibility index (Phi) is 5.91. The Morgan fingerprint density at radius 2 is 1.29 bits per heavy atom. The largest absolute Gasteiger partial charge is 0.545 e. The smallest absolute Gasteiger partial charge is 0.168 e. The quantitative estimate of drug-likeness (QED) is 0.688. The van der Waals surface area contributed by atoms with Gasteiger partial charge in [0, 0.05) is 17.2 Å². The number of halogens is 3. The first kappa shape index (κ1) is 17.3. The minimum atomic E-state index is -2.34. The Labute approximate surface area is 92.8 Å². The molecule has 1 rings (SSSR count). The molecular formula is C8H9F3N2O4. The maximum absolute atomic E-state index is 12.8. The van der Waals surface area contributed by atoms with Crippen molar-refractivity contribution in [2.45, 2.75) is 0 Å². The average Bonchev–Trinajstić information content (AvgIpc) is 2.09. The van der Waals surface area contributed by atoms with Crippen LogP contribution >= 0.6 is 0 Å². The Hall–Kier alpha value is -2.13. The second kappa shape index (κ2) is 5.82. The van der Waals surface area contributed by atoms with Crippen molar-refractivity contribution in [2.24, 2.45) is 0 Å². The zero-order valence-corrected chi connectivity index (χ0v) is 8.84. The van der Waals surface area contributed by atoms with Gasteiger partial charge in [0.25, 0.3) is 0 Å². The summed E-state index contributed by atoms with van der Waals surface area (Å²) >= 11 is 0. The lowest BCUT2D eigenvalue weighted by molar-refractivity contribution is -0.260. The Bertz CT molecular complexity index is 465. The third-order valence-corrected chi connectivity index (χ3v) is 1.58. The summed E-state index contributed by atoms with van der Waals surface area (Å²) in [5.74, 6) is -10.2. The van der Waals surface area contributed by atoms with Crippen molar-refractivity contribution in [3.05, 3.63) is 34.6 Å². The SMILES string of the molecule is O=C([O-])c1c(F)cc(F)c(F)c1C(=O)[O-].[NH4+].[NH4+]. The van der Waals surface area contributed by atoms with E-state index in [1.807, 2.05) is 0 Å². The van der Waals surface area contributed by atoms with Crippen LogP contribution in [0.1, 0.15) is 20.7 Å². The van der Waals surface area contributed by atoms with Gasteiger partial charge in [-0.2, -0.15) is 0 Å². The molecule has 1 aromatic carbocycles. The maximum Gasteiger partial charge on any atom is 0.168 e. The van der Waals surface area contributed by atoms with Gasteiger partial charge in [-0.15, -0.1) is 0 Å². The molecule has 0 bridgehead atoms. The fraction of sp³-hybridized carbons (Fsp3) is 0. The number of carbonyl (C=O) groups is 2. The molecule has 9 heteroatoms. The molecule has 0 aliphatic heterocycles. The molecule has 96 valence electrons. The molecule has 0 heterocycles. The first-order chi connectivity index (χ1) is 6.86. The summed E-state index contributed by atoms with van der Waals surface area (Å²) in [5.41, 5.74) is -3.28. The van der Waals surface area contributed by atoms with Gasteiger partial charge in [-0.3, -0.25) is 0 Å². The number of carbonyl (C=O) groups excluding carboxylic acids is 2. The fourth-order valence-electron chi connectivity index (χ4n) is 0.987. The van der Waals surface area contributed by atoms with Crippen LogP contribution in [0.15, 0.2) is 6.07 Å². The van der Waals surface area contributed by atoms with Crippen molar-refractivity contribution < 1.29 is 33.0 Å². The highest BCUT2D eigenvalue weighted by atomic mass is 19.2. The molecule has 1 aromatic rings. The average molecular weight is 254 g/mol. The number of rotatable bonds is 2. The van der Waals surface area contributed by atoms with Crippen LogP contribution in [0.3, 0.4) is 0 Å². The molecule has 0 radical (unpaired) electrons. The standard InChI is InChI=1S/C8H3F3O4.2H3N/c9-2-1-3(10)6(11)5(8(14)15)4(2)7(12)13;;/h1H,(H,12,13)(H,14,15);2*1H3. The topological polar surface area (TPSA) is 153 Å². The molecule has 0 saturated carbocycles. The van der Waals surface area contributed by atoms with Crippen LogP contribution in [0.4, 0.5) is 13.2 Å². The molecule has 17 heavy (non-hydrogen) atoms. The molecule has 0 aromatic heterocycles. The molecule has 6 nitrogen and oxygen atoms in total. The van der Waals surface area contributed by atoms with E-state index in [9.17, 15) is 33.0 Å². The van der Waals surface area contributed by atoms with Crippen LogP contribution in [0, 0.1) is 17.5 Å². The molecule has 0 aliphatic carbocycles. The number of carboxylic acids is 2. The van der Waals surface area contributed by atoms with Gasteiger partial charge in [-0.1, -0.05) is 0 Å². The van der Waals surface area contributed by atoms with E-state index in [1.165, 1.54) is 0 Å². The van der Waals surface area contributed by atoms with Gasteiger partial charge in [0.2, 0.25) is 0 Å². The zero-order valence-electron chi connectivity index (χ0n) is 8.84. The monoisotopic (exact) mass is 254 g/mol. The minimum Gasteiger partial charge on any atom is -0.545 e. The van der Waals surface area contributed by atoms with E-state index < -0.39 is 40.5 Å².